The minimum atomic E-state index is -0.396. The van der Waals surface area contributed by atoms with Crippen molar-refractivity contribution in [2.24, 2.45) is 5.92 Å². The van der Waals surface area contributed by atoms with Gasteiger partial charge in [-0.25, -0.2) is 0 Å². The number of amides is 2. The Morgan fingerprint density at radius 3 is 2.10 bits per heavy atom. The van der Waals surface area contributed by atoms with Crippen LogP contribution in [0.1, 0.15) is 34.8 Å². The summed E-state index contributed by atoms with van der Waals surface area (Å²) in [6.45, 7) is 4.00. The topological polar surface area (TPSA) is 58.2 Å². The number of para-hydroxylation sites is 1. The van der Waals surface area contributed by atoms with Gasteiger partial charge in [-0.05, 0) is 67.6 Å². The average molecular weight is 431 g/mol. The molecule has 5 heteroatoms. The minimum Gasteiger partial charge on any atom is -0.326 e. The molecular formula is C26H26N2O2S. The van der Waals surface area contributed by atoms with Crippen molar-refractivity contribution in [1.82, 2.24) is 0 Å². The molecular weight excluding hydrogens is 404 g/mol. The van der Waals surface area contributed by atoms with Crippen LogP contribution in [0.15, 0.2) is 77.7 Å². The van der Waals surface area contributed by atoms with E-state index in [0.29, 0.717) is 0 Å². The summed E-state index contributed by atoms with van der Waals surface area (Å²) in [5, 5.41) is 5.70. The first-order valence-electron chi connectivity index (χ1n) is 10.5. The van der Waals surface area contributed by atoms with Gasteiger partial charge in [-0.2, -0.15) is 0 Å². The highest BCUT2D eigenvalue weighted by atomic mass is 32.2. The van der Waals surface area contributed by atoms with Gasteiger partial charge in [0.15, 0.2) is 0 Å². The summed E-state index contributed by atoms with van der Waals surface area (Å²) < 4.78 is 0. The Morgan fingerprint density at radius 1 is 0.839 bits per heavy atom. The first-order chi connectivity index (χ1) is 15.0. The molecule has 0 radical (unpaired) electrons. The number of hydrogen-bond donors (Lipinski definition) is 2. The zero-order valence-corrected chi connectivity index (χ0v) is 18.5. The number of aryl methyl sites for hydroxylation is 2. The number of anilines is 2. The van der Waals surface area contributed by atoms with E-state index in [1.54, 1.807) is 0 Å². The van der Waals surface area contributed by atoms with Crippen LogP contribution in [0.4, 0.5) is 11.4 Å². The molecule has 2 N–H and O–H groups in total. The zero-order chi connectivity index (χ0) is 21.8. The van der Waals surface area contributed by atoms with Gasteiger partial charge < -0.3 is 10.6 Å². The Bertz CT molecular complexity index is 1060. The molecule has 4 rings (SSSR count). The van der Waals surface area contributed by atoms with Crippen molar-refractivity contribution in [2.45, 2.75) is 36.8 Å². The predicted octanol–water partition coefficient (Wildman–Crippen LogP) is 6.12. The Kier molecular flexibility index (Phi) is 6.42. The SMILES string of the molecule is Cc1cccc(C)c1NC(=O)C(Sc1ccc(NC(=O)C2CC2)cc1)c1ccccc1. The second kappa shape index (κ2) is 9.40. The maximum atomic E-state index is 13.3. The van der Waals surface area contributed by atoms with Crippen molar-refractivity contribution in [3.8, 4) is 0 Å². The molecule has 4 nitrogen and oxygen atoms in total. The highest BCUT2D eigenvalue weighted by Gasteiger charge is 2.29. The van der Waals surface area contributed by atoms with E-state index in [0.717, 1.165) is 45.8 Å². The number of hydrogen-bond acceptors (Lipinski definition) is 3. The standard InChI is InChI=1S/C26H26N2O2S/c1-17-7-6-8-18(2)23(17)28-26(30)24(19-9-4-3-5-10-19)31-22-15-13-21(14-16-22)27-25(29)20-11-12-20/h3-10,13-16,20,24H,11-12H2,1-2H3,(H,27,29)(H,28,30). The van der Waals surface area contributed by atoms with Crippen LogP contribution < -0.4 is 10.6 Å². The van der Waals surface area contributed by atoms with E-state index in [1.807, 2.05) is 86.6 Å². The number of benzene rings is 3. The van der Waals surface area contributed by atoms with Crippen molar-refractivity contribution in [1.29, 1.82) is 0 Å². The number of thioether (sulfide) groups is 1. The number of rotatable bonds is 7. The minimum absolute atomic E-state index is 0.0558. The van der Waals surface area contributed by atoms with E-state index in [2.05, 4.69) is 10.6 Å². The second-order valence-corrected chi connectivity index (χ2v) is 9.13. The summed E-state index contributed by atoms with van der Waals surface area (Å²) >= 11 is 1.50. The molecule has 0 bridgehead atoms. The highest BCUT2D eigenvalue weighted by molar-refractivity contribution is 8.00. The fourth-order valence-electron chi connectivity index (χ4n) is 3.44. The molecule has 2 amide bonds. The van der Waals surface area contributed by atoms with Crippen LogP contribution in [0.5, 0.6) is 0 Å². The Morgan fingerprint density at radius 2 is 1.48 bits per heavy atom. The second-order valence-electron chi connectivity index (χ2n) is 7.95. The third-order valence-corrected chi connectivity index (χ3v) is 6.66. The van der Waals surface area contributed by atoms with Crippen LogP contribution in [0.25, 0.3) is 0 Å². The summed E-state index contributed by atoms with van der Waals surface area (Å²) in [5.74, 6) is 0.209. The van der Waals surface area contributed by atoms with Gasteiger partial charge in [0.25, 0.3) is 0 Å². The molecule has 1 atom stereocenters. The van der Waals surface area contributed by atoms with E-state index in [-0.39, 0.29) is 17.7 Å². The number of carbonyl (C=O) groups is 2. The maximum Gasteiger partial charge on any atom is 0.242 e. The molecule has 0 aliphatic heterocycles. The first-order valence-corrected chi connectivity index (χ1v) is 11.4. The molecule has 0 aromatic heterocycles. The lowest BCUT2D eigenvalue weighted by Crippen LogP contribution is -2.20. The van der Waals surface area contributed by atoms with E-state index < -0.39 is 5.25 Å². The Balaban J connectivity index is 1.53. The van der Waals surface area contributed by atoms with Crippen molar-refractivity contribution < 1.29 is 9.59 Å². The van der Waals surface area contributed by atoms with Crippen LogP contribution in [-0.2, 0) is 9.59 Å². The van der Waals surface area contributed by atoms with Crippen LogP contribution in [0.3, 0.4) is 0 Å². The van der Waals surface area contributed by atoms with E-state index in [9.17, 15) is 9.59 Å². The molecule has 3 aromatic rings. The van der Waals surface area contributed by atoms with Gasteiger partial charge in [-0.3, -0.25) is 9.59 Å². The summed E-state index contributed by atoms with van der Waals surface area (Å²) in [6, 6.07) is 23.5. The smallest absolute Gasteiger partial charge is 0.242 e. The Hall–Kier alpha value is -3.05. The third kappa shape index (κ3) is 5.36. The monoisotopic (exact) mass is 430 g/mol. The third-order valence-electron chi connectivity index (χ3n) is 5.39. The van der Waals surface area contributed by atoms with Gasteiger partial charge in [0.05, 0.1) is 0 Å². The first kappa shape index (κ1) is 21.2. The molecule has 158 valence electrons. The van der Waals surface area contributed by atoms with Crippen LogP contribution in [-0.4, -0.2) is 11.8 Å². The van der Waals surface area contributed by atoms with Crippen molar-refractivity contribution in [2.75, 3.05) is 10.6 Å². The van der Waals surface area contributed by atoms with Crippen LogP contribution in [0.2, 0.25) is 0 Å². The molecule has 3 aromatic carbocycles. The fraction of sp³-hybridized carbons (Fsp3) is 0.231. The molecule has 1 aliphatic rings. The lowest BCUT2D eigenvalue weighted by molar-refractivity contribution is -0.117. The summed E-state index contributed by atoms with van der Waals surface area (Å²) in [5.41, 5.74) is 4.69. The van der Waals surface area contributed by atoms with Crippen LogP contribution >= 0.6 is 11.8 Å². The lowest BCUT2D eigenvalue weighted by Gasteiger charge is -2.19. The molecule has 0 saturated heterocycles. The van der Waals surface area contributed by atoms with E-state index in [4.69, 9.17) is 0 Å². The van der Waals surface area contributed by atoms with E-state index in [1.165, 1.54) is 11.8 Å². The average Bonchev–Trinajstić information content (AvgIpc) is 3.62. The maximum absolute atomic E-state index is 13.3. The molecule has 1 saturated carbocycles. The largest absolute Gasteiger partial charge is 0.326 e. The number of carbonyl (C=O) groups excluding carboxylic acids is 2. The number of nitrogens with one attached hydrogen (secondary N) is 2. The lowest BCUT2D eigenvalue weighted by atomic mass is 10.1. The van der Waals surface area contributed by atoms with E-state index >= 15 is 0 Å². The van der Waals surface area contributed by atoms with Crippen LogP contribution in [0, 0.1) is 19.8 Å². The van der Waals surface area contributed by atoms with Gasteiger partial charge in [-0.15, -0.1) is 11.8 Å². The zero-order valence-electron chi connectivity index (χ0n) is 17.7. The summed E-state index contributed by atoms with van der Waals surface area (Å²) in [4.78, 5) is 26.3. The quantitative estimate of drug-likeness (QED) is 0.444. The van der Waals surface area contributed by atoms with Gasteiger partial charge in [0.1, 0.15) is 5.25 Å². The molecule has 0 spiro atoms. The molecule has 0 heterocycles. The summed E-state index contributed by atoms with van der Waals surface area (Å²) in [6.07, 6.45) is 1.96. The Labute approximate surface area is 187 Å². The fourth-order valence-corrected chi connectivity index (χ4v) is 4.47. The molecule has 31 heavy (non-hydrogen) atoms. The van der Waals surface area contributed by atoms with Crippen molar-refractivity contribution in [3.05, 3.63) is 89.5 Å². The van der Waals surface area contributed by atoms with Gasteiger partial charge in [0, 0.05) is 22.2 Å². The van der Waals surface area contributed by atoms with Crippen molar-refractivity contribution >= 4 is 35.0 Å². The highest BCUT2D eigenvalue weighted by Crippen LogP contribution is 2.37. The molecule has 1 aliphatic carbocycles. The molecule has 1 unspecified atom stereocenters. The van der Waals surface area contributed by atoms with Gasteiger partial charge in [-0.1, -0.05) is 48.5 Å². The van der Waals surface area contributed by atoms with Gasteiger partial charge in [0.2, 0.25) is 11.8 Å². The normalized spacial score (nSPS) is 14.0. The summed E-state index contributed by atoms with van der Waals surface area (Å²) in [7, 11) is 0. The van der Waals surface area contributed by atoms with Gasteiger partial charge >= 0.3 is 0 Å². The predicted molar refractivity (Wildman–Crippen MR) is 127 cm³/mol. The molecule has 1 fully saturated rings. The van der Waals surface area contributed by atoms with Crippen molar-refractivity contribution in [3.63, 3.8) is 0 Å².